The molecule has 21 heavy (non-hydrogen) atoms. The van der Waals surface area contributed by atoms with E-state index in [9.17, 15) is 0 Å². The third-order valence-electron chi connectivity index (χ3n) is 4.52. The maximum atomic E-state index is 5.98. The van der Waals surface area contributed by atoms with Crippen molar-refractivity contribution in [3.63, 3.8) is 0 Å². The van der Waals surface area contributed by atoms with Crippen molar-refractivity contribution >= 4 is 0 Å². The molecule has 3 heteroatoms. The van der Waals surface area contributed by atoms with E-state index in [1.54, 1.807) is 0 Å². The van der Waals surface area contributed by atoms with E-state index < -0.39 is 0 Å². The summed E-state index contributed by atoms with van der Waals surface area (Å²) in [6, 6.07) is 2.90. The normalized spacial score (nSPS) is 24.5. The quantitative estimate of drug-likeness (QED) is 0.906. The van der Waals surface area contributed by atoms with Gasteiger partial charge in [-0.25, -0.2) is 0 Å². The minimum absolute atomic E-state index is 0.140. The monoisotopic (exact) mass is 292 g/mol. The van der Waals surface area contributed by atoms with Crippen LogP contribution in [0.5, 0.6) is 0 Å². The van der Waals surface area contributed by atoms with Crippen LogP contribution in [0.2, 0.25) is 0 Å². The van der Waals surface area contributed by atoms with Crippen LogP contribution in [0.25, 0.3) is 0 Å². The molecule has 0 saturated carbocycles. The van der Waals surface area contributed by atoms with Gasteiger partial charge in [0.25, 0.3) is 0 Å². The molecule has 2 rings (SSSR count). The molecule has 0 radical (unpaired) electrons. The Balaban J connectivity index is 1.95. The Morgan fingerprint density at radius 3 is 2.67 bits per heavy atom. The highest BCUT2D eigenvalue weighted by atomic mass is 16.3. The fourth-order valence-electron chi connectivity index (χ4n) is 3.09. The number of aryl methyl sites for hydroxylation is 1. The number of piperidine rings is 1. The van der Waals surface area contributed by atoms with Gasteiger partial charge in [-0.2, -0.15) is 0 Å². The first-order valence-corrected chi connectivity index (χ1v) is 8.32. The molecule has 1 aromatic rings. The van der Waals surface area contributed by atoms with E-state index in [0.29, 0.717) is 6.04 Å². The Bertz CT molecular complexity index is 458. The highest BCUT2D eigenvalue weighted by molar-refractivity contribution is 5.21. The van der Waals surface area contributed by atoms with E-state index >= 15 is 0 Å². The maximum Gasteiger partial charge on any atom is 0.118 e. The summed E-state index contributed by atoms with van der Waals surface area (Å²) in [7, 11) is 0. The highest BCUT2D eigenvalue weighted by Crippen LogP contribution is 2.25. The van der Waals surface area contributed by atoms with Gasteiger partial charge in [-0.05, 0) is 66.0 Å². The molecule has 0 amide bonds. The van der Waals surface area contributed by atoms with Gasteiger partial charge >= 0.3 is 0 Å². The number of rotatable bonds is 4. The second kappa shape index (κ2) is 6.53. The first kappa shape index (κ1) is 16.6. The van der Waals surface area contributed by atoms with Crippen LogP contribution in [0, 0.1) is 12.8 Å². The molecule has 120 valence electrons. The second-order valence-corrected chi connectivity index (χ2v) is 7.85. The number of hydrogen-bond acceptors (Lipinski definition) is 3. The van der Waals surface area contributed by atoms with Gasteiger partial charge in [0, 0.05) is 23.7 Å². The average Bonchev–Trinajstić information content (AvgIpc) is 2.70. The summed E-state index contributed by atoms with van der Waals surface area (Å²) in [6.07, 6.45) is 2.61. The van der Waals surface area contributed by atoms with Crippen LogP contribution in [0.3, 0.4) is 0 Å². The van der Waals surface area contributed by atoms with Crippen LogP contribution in [-0.2, 0) is 13.1 Å². The molecule has 0 spiro atoms. The Morgan fingerprint density at radius 2 is 2.05 bits per heavy atom. The molecule has 0 bridgehead atoms. The lowest BCUT2D eigenvalue weighted by Crippen LogP contribution is -2.39. The minimum atomic E-state index is 0.140. The van der Waals surface area contributed by atoms with Gasteiger partial charge in [0.1, 0.15) is 11.5 Å². The maximum absolute atomic E-state index is 5.98. The van der Waals surface area contributed by atoms with E-state index in [4.69, 9.17) is 4.42 Å². The molecule has 1 saturated heterocycles. The predicted molar refractivity (Wildman–Crippen MR) is 88.3 cm³/mol. The van der Waals surface area contributed by atoms with E-state index in [1.807, 2.05) is 0 Å². The topological polar surface area (TPSA) is 28.4 Å². The first-order chi connectivity index (χ1) is 9.74. The van der Waals surface area contributed by atoms with E-state index in [-0.39, 0.29) is 5.54 Å². The van der Waals surface area contributed by atoms with Gasteiger partial charge in [0.2, 0.25) is 0 Å². The zero-order chi connectivity index (χ0) is 15.6. The van der Waals surface area contributed by atoms with Crippen molar-refractivity contribution < 1.29 is 4.42 Å². The lowest BCUT2D eigenvalue weighted by molar-refractivity contribution is 0.113. The van der Waals surface area contributed by atoms with E-state index in [0.717, 1.165) is 30.5 Å². The Kier molecular flexibility index (Phi) is 5.15. The highest BCUT2D eigenvalue weighted by Gasteiger charge is 2.24. The number of likely N-dealkylation sites (tertiary alicyclic amines) is 1. The third kappa shape index (κ3) is 4.86. The molecule has 1 fully saturated rings. The molecule has 0 aromatic carbocycles. The summed E-state index contributed by atoms with van der Waals surface area (Å²) >= 11 is 0. The molecule has 0 aliphatic carbocycles. The van der Waals surface area contributed by atoms with Crippen LogP contribution in [-0.4, -0.2) is 23.0 Å². The summed E-state index contributed by atoms with van der Waals surface area (Å²) in [5, 5.41) is 3.54. The summed E-state index contributed by atoms with van der Waals surface area (Å²) in [6.45, 7) is 16.4. The molecule has 1 aliphatic rings. The third-order valence-corrected chi connectivity index (χ3v) is 4.52. The molecular weight excluding hydrogens is 260 g/mol. The number of nitrogens with zero attached hydrogens (tertiary/aromatic N) is 1. The van der Waals surface area contributed by atoms with E-state index in [2.05, 4.69) is 57.8 Å². The molecule has 2 unspecified atom stereocenters. The summed E-state index contributed by atoms with van der Waals surface area (Å²) in [4.78, 5) is 2.55. The molecule has 2 heterocycles. The summed E-state index contributed by atoms with van der Waals surface area (Å²) in [5.74, 6) is 3.03. The molecule has 3 nitrogen and oxygen atoms in total. The van der Waals surface area contributed by atoms with Gasteiger partial charge in [0.15, 0.2) is 0 Å². The number of nitrogens with one attached hydrogen (secondary N) is 1. The van der Waals surface area contributed by atoms with Crippen LogP contribution >= 0.6 is 0 Å². The van der Waals surface area contributed by atoms with Gasteiger partial charge in [0.05, 0.1) is 6.54 Å². The van der Waals surface area contributed by atoms with Crippen molar-refractivity contribution in [3.8, 4) is 0 Å². The average molecular weight is 292 g/mol. The number of hydrogen-bond donors (Lipinski definition) is 1. The fraction of sp³-hybridized carbons (Fsp3) is 0.778. The van der Waals surface area contributed by atoms with Crippen LogP contribution in [0.4, 0.5) is 0 Å². The Morgan fingerprint density at radius 1 is 1.33 bits per heavy atom. The van der Waals surface area contributed by atoms with Gasteiger partial charge < -0.3 is 9.73 Å². The van der Waals surface area contributed by atoms with Crippen LogP contribution < -0.4 is 5.32 Å². The smallest absolute Gasteiger partial charge is 0.118 e. The molecular formula is C18H32N2O. The minimum Gasteiger partial charge on any atom is -0.465 e. The largest absolute Gasteiger partial charge is 0.465 e. The van der Waals surface area contributed by atoms with Gasteiger partial charge in [-0.1, -0.05) is 6.92 Å². The van der Waals surface area contributed by atoms with E-state index in [1.165, 1.54) is 24.9 Å². The predicted octanol–water partition coefficient (Wildman–Crippen LogP) is 4.10. The molecule has 1 aliphatic heterocycles. The Hall–Kier alpha value is -0.800. The van der Waals surface area contributed by atoms with Crippen molar-refractivity contribution in [1.29, 1.82) is 0 Å². The zero-order valence-corrected chi connectivity index (χ0v) is 14.6. The van der Waals surface area contributed by atoms with Gasteiger partial charge in [-0.15, -0.1) is 0 Å². The second-order valence-electron chi connectivity index (χ2n) is 7.85. The summed E-state index contributed by atoms with van der Waals surface area (Å²) in [5.41, 5.74) is 1.43. The van der Waals surface area contributed by atoms with Crippen molar-refractivity contribution in [1.82, 2.24) is 10.2 Å². The molecule has 1 N–H and O–H groups in total. The van der Waals surface area contributed by atoms with Gasteiger partial charge in [-0.3, -0.25) is 4.90 Å². The molecule has 2 atom stereocenters. The Labute approximate surface area is 130 Å². The summed E-state index contributed by atoms with van der Waals surface area (Å²) < 4.78 is 5.98. The van der Waals surface area contributed by atoms with Crippen LogP contribution in [0.15, 0.2) is 10.5 Å². The first-order valence-electron chi connectivity index (χ1n) is 8.32. The lowest BCUT2D eigenvalue weighted by Gasteiger charge is -2.35. The van der Waals surface area contributed by atoms with Crippen molar-refractivity contribution in [2.75, 3.05) is 6.54 Å². The van der Waals surface area contributed by atoms with Crippen LogP contribution in [0.1, 0.15) is 64.5 Å². The SMILES string of the molecule is Cc1oc(CN2CCC(C)CC2C)cc1CNC(C)(C)C. The fourth-order valence-corrected chi connectivity index (χ4v) is 3.09. The van der Waals surface area contributed by atoms with Crippen molar-refractivity contribution in [2.45, 2.75) is 79.1 Å². The van der Waals surface area contributed by atoms with Crippen molar-refractivity contribution in [3.05, 3.63) is 23.2 Å². The number of furan rings is 1. The van der Waals surface area contributed by atoms with Crippen molar-refractivity contribution in [2.24, 2.45) is 5.92 Å². The lowest BCUT2D eigenvalue weighted by atomic mass is 9.93. The zero-order valence-electron chi connectivity index (χ0n) is 14.6. The molecule has 1 aromatic heterocycles. The standard InChI is InChI=1S/C18H32N2O/c1-13-7-8-20(14(2)9-13)12-17-10-16(15(3)21-17)11-19-18(4,5)6/h10,13-14,19H,7-9,11-12H2,1-6H3.